The molecule has 112 valence electrons. The van der Waals surface area contributed by atoms with Crippen molar-refractivity contribution < 1.29 is 9.47 Å². The van der Waals surface area contributed by atoms with Crippen LogP contribution in [0.4, 0.5) is 0 Å². The Balaban J connectivity index is 1.57. The summed E-state index contributed by atoms with van der Waals surface area (Å²) < 4.78 is 10.8. The molecule has 0 radical (unpaired) electrons. The fourth-order valence-corrected chi connectivity index (χ4v) is 3.11. The molecule has 5 nitrogen and oxygen atoms in total. The van der Waals surface area contributed by atoms with Crippen molar-refractivity contribution in [3.63, 3.8) is 0 Å². The monoisotopic (exact) mass is 305 g/mol. The molecule has 1 aliphatic carbocycles. The van der Waals surface area contributed by atoms with E-state index in [1.54, 1.807) is 7.11 Å². The third kappa shape index (κ3) is 3.78. The van der Waals surface area contributed by atoms with Crippen LogP contribution in [0.15, 0.2) is 18.2 Å². The van der Waals surface area contributed by atoms with E-state index in [0.717, 1.165) is 23.7 Å². The van der Waals surface area contributed by atoms with Crippen LogP contribution in [-0.2, 0) is 24.1 Å². The second kappa shape index (κ2) is 6.98. The molecule has 0 atom stereocenters. The quantitative estimate of drug-likeness (QED) is 0.797. The van der Waals surface area contributed by atoms with E-state index >= 15 is 0 Å². The average molecular weight is 305 g/mol. The lowest BCUT2D eigenvalue weighted by atomic mass is 10.1. The summed E-state index contributed by atoms with van der Waals surface area (Å²) >= 11 is 1.47. The molecule has 2 aromatic rings. The van der Waals surface area contributed by atoms with E-state index in [4.69, 9.17) is 9.47 Å². The normalized spacial score (nSPS) is 13.4. The number of aromatic nitrogens is 2. The first-order valence-corrected chi connectivity index (χ1v) is 7.98. The van der Waals surface area contributed by atoms with E-state index in [1.807, 2.05) is 6.07 Å². The van der Waals surface area contributed by atoms with Gasteiger partial charge in [-0.3, -0.25) is 0 Å². The molecule has 1 heterocycles. The standard InChI is InChI=1S/C15H19N3O2S/c1-19-8-7-16-10-14-17-18-15(21-14)20-13-6-5-11-3-2-4-12(11)9-13/h5-6,9,16H,2-4,7-8,10H2,1H3. The minimum absolute atomic E-state index is 0.594. The molecule has 0 saturated carbocycles. The van der Waals surface area contributed by atoms with Gasteiger partial charge < -0.3 is 14.8 Å². The first-order valence-electron chi connectivity index (χ1n) is 7.17. The van der Waals surface area contributed by atoms with Gasteiger partial charge in [-0.15, -0.1) is 5.10 Å². The van der Waals surface area contributed by atoms with Crippen LogP contribution >= 0.6 is 11.3 Å². The molecule has 1 aromatic carbocycles. The van der Waals surface area contributed by atoms with Crippen LogP contribution in [0.2, 0.25) is 0 Å². The molecule has 21 heavy (non-hydrogen) atoms. The highest BCUT2D eigenvalue weighted by atomic mass is 32.1. The molecular weight excluding hydrogens is 286 g/mol. The highest BCUT2D eigenvalue weighted by Crippen LogP contribution is 2.30. The number of fused-ring (bicyclic) bond motifs is 1. The smallest absolute Gasteiger partial charge is 0.299 e. The molecule has 3 rings (SSSR count). The van der Waals surface area contributed by atoms with Gasteiger partial charge in [0.05, 0.1) is 6.61 Å². The van der Waals surface area contributed by atoms with Crippen LogP contribution < -0.4 is 10.1 Å². The Labute approximate surface area is 128 Å². The fraction of sp³-hybridized carbons (Fsp3) is 0.467. The zero-order chi connectivity index (χ0) is 14.5. The van der Waals surface area contributed by atoms with Gasteiger partial charge in [-0.2, -0.15) is 0 Å². The van der Waals surface area contributed by atoms with E-state index in [2.05, 4.69) is 27.6 Å². The Morgan fingerprint density at radius 3 is 3.05 bits per heavy atom. The Hall–Kier alpha value is -1.50. The van der Waals surface area contributed by atoms with Crippen molar-refractivity contribution in [3.8, 4) is 10.9 Å². The molecule has 0 amide bonds. The third-order valence-electron chi connectivity index (χ3n) is 3.48. The van der Waals surface area contributed by atoms with Crippen molar-refractivity contribution in [1.82, 2.24) is 15.5 Å². The molecule has 0 unspecified atom stereocenters. The summed E-state index contributed by atoms with van der Waals surface area (Å²) in [5, 5.41) is 13.0. The predicted octanol–water partition coefficient (Wildman–Crippen LogP) is 2.56. The summed E-state index contributed by atoms with van der Waals surface area (Å²) in [7, 11) is 1.69. The second-order valence-electron chi connectivity index (χ2n) is 5.02. The minimum Gasteiger partial charge on any atom is -0.430 e. The van der Waals surface area contributed by atoms with Crippen molar-refractivity contribution in [2.24, 2.45) is 0 Å². The number of nitrogens with zero attached hydrogens (tertiary/aromatic N) is 2. The first-order chi connectivity index (χ1) is 10.3. The maximum Gasteiger partial charge on any atom is 0.299 e. The van der Waals surface area contributed by atoms with Gasteiger partial charge in [-0.05, 0) is 42.5 Å². The van der Waals surface area contributed by atoms with Crippen LogP contribution in [0.25, 0.3) is 0 Å². The summed E-state index contributed by atoms with van der Waals surface area (Å²) in [5.74, 6) is 0.852. The van der Waals surface area contributed by atoms with E-state index < -0.39 is 0 Å². The van der Waals surface area contributed by atoms with Gasteiger partial charge >= 0.3 is 0 Å². The maximum atomic E-state index is 5.80. The molecule has 0 spiro atoms. The number of hydrogen-bond donors (Lipinski definition) is 1. The van der Waals surface area contributed by atoms with E-state index in [-0.39, 0.29) is 0 Å². The summed E-state index contributed by atoms with van der Waals surface area (Å²) in [6.07, 6.45) is 3.58. The highest BCUT2D eigenvalue weighted by Gasteiger charge is 2.12. The molecule has 0 aliphatic heterocycles. The lowest BCUT2D eigenvalue weighted by molar-refractivity contribution is 0.199. The molecule has 0 saturated heterocycles. The SMILES string of the molecule is COCCNCc1nnc(Oc2ccc3c(c2)CCC3)s1. The number of hydrogen-bond acceptors (Lipinski definition) is 6. The Morgan fingerprint density at radius 1 is 1.24 bits per heavy atom. The largest absolute Gasteiger partial charge is 0.430 e. The molecule has 0 fully saturated rings. The number of aryl methyl sites for hydroxylation is 2. The van der Waals surface area contributed by atoms with Gasteiger partial charge in [-0.25, -0.2) is 0 Å². The number of nitrogens with one attached hydrogen (secondary N) is 1. The molecule has 6 heteroatoms. The summed E-state index contributed by atoms with van der Waals surface area (Å²) in [4.78, 5) is 0. The van der Waals surface area contributed by atoms with Crippen LogP contribution in [-0.4, -0.2) is 30.5 Å². The Kier molecular flexibility index (Phi) is 4.80. The average Bonchev–Trinajstić information content (AvgIpc) is 3.12. The summed E-state index contributed by atoms with van der Waals surface area (Å²) in [5.41, 5.74) is 2.85. The Morgan fingerprint density at radius 2 is 2.14 bits per heavy atom. The lowest BCUT2D eigenvalue weighted by Gasteiger charge is -2.04. The number of ether oxygens (including phenoxy) is 2. The molecule has 1 aliphatic rings. The molecule has 0 bridgehead atoms. The first kappa shape index (κ1) is 14.4. The zero-order valence-corrected chi connectivity index (χ0v) is 12.9. The van der Waals surface area contributed by atoms with Crippen molar-refractivity contribution in [3.05, 3.63) is 34.3 Å². The summed E-state index contributed by atoms with van der Waals surface area (Å²) in [6.45, 7) is 2.18. The second-order valence-corrected chi connectivity index (χ2v) is 6.04. The van der Waals surface area contributed by atoms with Crippen LogP contribution in [0.3, 0.4) is 0 Å². The van der Waals surface area contributed by atoms with Gasteiger partial charge in [-0.1, -0.05) is 22.5 Å². The van der Waals surface area contributed by atoms with Crippen molar-refractivity contribution in [2.45, 2.75) is 25.8 Å². The molecule has 1 aromatic heterocycles. The predicted molar refractivity (Wildman–Crippen MR) is 82.0 cm³/mol. The van der Waals surface area contributed by atoms with E-state index in [9.17, 15) is 0 Å². The van der Waals surface area contributed by atoms with Crippen molar-refractivity contribution in [2.75, 3.05) is 20.3 Å². The van der Waals surface area contributed by atoms with Crippen LogP contribution in [0, 0.1) is 0 Å². The van der Waals surface area contributed by atoms with Gasteiger partial charge in [0.15, 0.2) is 0 Å². The van der Waals surface area contributed by atoms with Crippen molar-refractivity contribution >= 4 is 11.3 Å². The molecular formula is C15H19N3O2S. The maximum absolute atomic E-state index is 5.80. The van der Waals surface area contributed by atoms with Crippen LogP contribution in [0.1, 0.15) is 22.6 Å². The summed E-state index contributed by atoms with van der Waals surface area (Å²) in [6, 6.07) is 6.30. The van der Waals surface area contributed by atoms with Gasteiger partial charge in [0, 0.05) is 20.2 Å². The van der Waals surface area contributed by atoms with Gasteiger partial charge in [0.25, 0.3) is 5.19 Å². The third-order valence-corrected chi connectivity index (χ3v) is 4.28. The number of benzene rings is 1. The topological polar surface area (TPSA) is 56.3 Å². The number of methoxy groups -OCH3 is 1. The lowest BCUT2D eigenvalue weighted by Crippen LogP contribution is -2.18. The van der Waals surface area contributed by atoms with E-state index in [1.165, 1.54) is 35.3 Å². The number of rotatable bonds is 7. The van der Waals surface area contributed by atoms with Crippen molar-refractivity contribution in [1.29, 1.82) is 0 Å². The highest BCUT2D eigenvalue weighted by molar-refractivity contribution is 7.13. The van der Waals surface area contributed by atoms with E-state index in [0.29, 0.717) is 18.3 Å². The Bertz CT molecular complexity index is 600. The molecule has 1 N–H and O–H groups in total. The zero-order valence-electron chi connectivity index (χ0n) is 12.1. The van der Waals surface area contributed by atoms with Gasteiger partial charge in [0.1, 0.15) is 10.8 Å². The van der Waals surface area contributed by atoms with Crippen LogP contribution in [0.5, 0.6) is 10.9 Å². The minimum atomic E-state index is 0.594. The fourth-order valence-electron chi connectivity index (χ4n) is 2.43. The van der Waals surface area contributed by atoms with Gasteiger partial charge in [0.2, 0.25) is 0 Å².